The van der Waals surface area contributed by atoms with Crippen LogP contribution in [0, 0.1) is 23.7 Å². The van der Waals surface area contributed by atoms with E-state index in [0.29, 0.717) is 13.1 Å². The van der Waals surface area contributed by atoms with Crippen molar-refractivity contribution >= 4 is 28.5 Å². The maximum Gasteiger partial charge on any atom is 0.417 e. The third-order valence-electron chi connectivity index (χ3n) is 7.02. The lowest BCUT2D eigenvalue weighted by Gasteiger charge is -2.35. The van der Waals surface area contributed by atoms with E-state index in [1.807, 2.05) is 29.2 Å². The average molecular weight is 545 g/mol. The molecule has 0 amide bonds. The maximum atomic E-state index is 13.1. The van der Waals surface area contributed by atoms with Crippen molar-refractivity contribution < 1.29 is 27.8 Å². The van der Waals surface area contributed by atoms with Crippen LogP contribution in [0.4, 0.5) is 13.2 Å². The number of halogens is 4. The molecule has 1 aromatic heterocycles. The molecule has 0 aliphatic carbocycles. The lowest BCUT2D eigenvalue weighted by Crippen LogP contribution is -2.44. The summed E-state index contributed by atoms with van der Waals surface area (Å²) in [7, 11) is 1.63. The molecule has 0 radical (unpaired) electrons. The van der Waals surface area contributed by atoms with Crippen LogP contribution in [0.5, 0.6) is 5.75 Å². The number of carboxylic acid groups (broad SMARTS) is 1. The Labute approximate surface area is 224 Å². The standard InChI is InChI=1S/C29H28ClF3N2O3/c1-38-22-8-10-27-23(17-22)20(11-13-34-27)5-2-6-21-12-15-35(18-24(21)28(36)37)14-3-4-19-7-9-26(30)25(16-19)29(31,32)33/h7-11,13,16-17,21,24H,2,5-6,12,14-15,18H2,1H3,(H,36,37)/t21-,24+/m1/s1. The Hall–Kier alpha value is -3.28. The lowest BCUT2D eigenvalue weighted by molar-refractivity contribution is -0.146. The molecule has 1 fully saturated rings. The molecule has 5 nitrogen and oxygen atoms in total. The predicted octanol–water partition coefficient (Wildman–Crippen LogP) is 6.31. The topological polar surface area (TPSA) is 62.7 Å². The fraction of sp³-hybridized carbons (Fsp3) is 0.379. The molecule has 0 saturated carbocycles. The quantitative estimate of drug-likeness (QED) is 0.353. The van der Waals surface area contributed by atoms with Crippen molar-refractivity contribution in [2.45, 2.75) is 31.9 Å². The molecule has 0 bridgehead atoms. The summed E-state index contributed by atoms with van der Waals surface area (Å²) in [6, 6.07) is 11.3. The van der Waals surface area contributed by atoms with E-state index in [4.69, 9.17) is 16.3 Å². The molecule has 3 aromatic rings. The number of likely N-dealkylation sites (tertiary alicyclic amines) is 1. The highest BCUT2D eigenvalue weighted by molar-refractivity contribution is 6.31. The summed E-state index contributed by atoms with van der Waals surface area (Å²) < 4.78 is 44.6. The maximum absolute atomic E-state index is 13.1. The number of piperidine rings is 1. The molecule has 1 N–H and O–H groups in total. The molecule has 1 saturated heterocycles. The summed E-state index contributed by atoms with van der Waals surface area (Å²) in [4.78, 5) is 18.4. The molecule has 1 aliphatic rings. The number of rotatable bonds is 7. The Morgan fingerprint density at radius 1 is 1.24 bits per heavy atom. The average Bonchev–Trinajstić information content (AvgIpc) is 2.89. The van der Waals surface area contributed by atoms with Gasteiger partial charge in [0.15, 0.2) is 0 Å². The largest absolute Gasteiger partial charge is 0.497 e. The number of benzene rings is 2. The minimum absolute atomic E-state index is 0.0463. The van der Waals surface area contributed by atoms with Gasteiger partial charge in [-0.25, -0.2) is 0 Å². The van der Waals surface area contributed by atoms with E-state index in [9.17, 15) is 23.1 Å². The Bertz CT molecular complexity index is 1370. The molecule has 2 heterocycles. The van der Waals surface area contributed by atoms with Gasteiger partial charge < -0.3 is 9.84 Å². The van der Waals surface area contributed by atoms with Gasteiger partial charge in [0.2, 0.25) is 0 Å². The molecule has 0 spiro atoms. The van der Waals surface area contributed by atoms with Crippen LogP contribution in [0.2, 0.25) is 5.02 Å². The lowest BCUT2D eigenvalue weighted by atomic mass is 9.81. The number of alkyl halides is 3. The van der Waals surface area contributed by atoms with Crippen LogP contribution in [-0.4, -0.2) is 47.7 Å². The molecule has 38 heavy (non-hydrogen) atoms. The number of hydrogen-bond acceptors (Lipinski definition) is 4. The van der Waals surface area contributed by atoms with Gasteiger partial charge in [-0.3, -0.25) is 14.7 Å². The van der Waals surface area contributed by atoms with Gasteiger partial charge in [-0.2, -0.15) is 13.2 Å². The highest BCUT2D eigenvalue weighted by atomic mass is 35.5. The molecule has 200 valence electrons. The summed E-state index contributed by atoms with van der Waals surface area (Å²) in [6.07, 6.45) is 0.409. The summed E-state index contributed by atoms with van der Waals surface area (Å²) in [5, 5.41) is 10.5. The predicted molar refractivity (Wildman–Crippen MR) is 140 cm³/mol. The van der Waals surface area contributed by atoms with Crippen molar-refractivity contribution in [2.75, 3.05) is 26.7 Å². The first kappa shape index (κ1) is 27.7. The number of fused-ring (bicyclic) bond motifs is 1. The van der Waals surface area contributed by atoms with Gasteiger partial charge in [0.1, 0.15) is 5.75 Å². The molecular formula is C29H28ClF3N2O3. The van der Waals surface area contributed by atoms with E-state index in [1.165, 1.54) is 12.1 Å². The van der Waals surface area contributed by atoms with Crippen molar-refractivity contribution in [2.24, 2.45) is 11.8 Å². The number of carbonyl (C=O) groups is 1. The normalized spacial score (nSPS) is 18.1. The third-order valence-corrected chi connectivity index (χ3v) is 7.35. The van der Waals surface area contributed by atoms with Gasteiger partial charge in [0.25, 0.3) is 0 Å². The Balaban J connectivity index is 1.35. The van der Waals surface area contributed by atoms with Crippen LogP contribution in [0.3, 0.4) is 0 Å². The molecule has 2 atom stereocenters. The van der Waals surface area contributed by atoms with Gasteiger partial charge in [-0.1, -0.05) is 23.4 Å². The number of aryl methyl sites for hydroxylation is 1. The van der Waals surface area contributed by atoms with E-state index in [-0.39, 0.29) is 23.0 Å². The minimum Gasteiger partial charge on any atom is -0.497 e. The first-order chi connectivity index (χ1) is 18.2. The third kappa shape index (κ3) is 6.77. The second kappa shape index (κ2) is 12.1. The van der Waals surface area contributed by atoms with Gasteiger partial charge >= 0.3 is 12.1 Å². The van der Waals surface area contributed by atoms with Crippen LogP contribution in [0.1, 0.15) is 36.0 Å². The van der Waals surface area contributed by atoms with Crippen molar-refractivity contribution in [3.63, 3.8) is 0 Å². The van der Waals surface area contributed by atoms with Gasteiger partial charge in [0.05, 0.1) is 35.7 Å². The number of methoxy groups -OCH3 is 1. The Kier molecular flexibility index (Phi) is 8.80. The van der Waals surface area contributed by atoms with Gasteiger partial charge in [0, 0.05) is 23.7 Å². The summed E-state index contributed by atoms with van der Waals surface area (Å²) in [5.41, 5.74) is 1.35. The summed E-state index contributed by atoms with van der Waals surface area (Å²) >= 11 is 5.67. The number of aliphatic carboxylic acids is 1. The number of carboxylic acids is 1. The first-order valence-electron chi connectivity index (χ1n) is 12.4. The molecule has 2 aromatic carbocycles. The first-order valence-corrected chi connectivity index (χ1v) is 12.8. The van der Waals surface area contributed by atoms with Crippen LogP contribution >= 0.6 is 11.6 Å². The van der Waals surface area contributed by atoms with E-state index in [2.05, 4.69) is 16.8 Å². The molecule has 1 aliphatic heterocycles. The number of pyridine rings is 1. The van der Waals surface area contributed by atoms with Gasteiger partial charge in [-0.05, 0) is 86.2 Å². The zero-order valence-corrected chi connectivity index (χ0v) is 21.6. The van der Waals surface area contributed by atoms with Crippen LogP contribution in [0.15, 0.2) is 48.7 Å². The zero-order chi connectivity index (χ0) is 27.3. The minimum atomic E-state index is -4.55. The fourth-order valence-corrected chi connectivity index (χ4v) is 5.22. The van der Waals surface area contributed by atoms with Gasteiger partial charge in [-0.15, -0.1) is 0 Å². The van der Waals surface area contributed by atoms with Crippen molar-refractivity contribution in [1.29, 1.82) is 0 Å². The molecule has 0 unspecified atom stereocenters. The second-order valence-corrected chi connectivity index (χ2v) is 9.88. The summed E-state index contributed by atoms with van der Waals surface area (Å²) in [6.45, 7) is 1.33. The van der Waals surface area contributed by atoms with E-state index >= 15 is 0 Å². The Morgan fingerprint density at radius 2 is 2.05 bits per heavy atom. The van der Waals surface area contributed by atoms with Crippen LogP contribution in [-0.2, 0) is 17.4 Å². The molecule has 9 heteroatoms. The number of aromatic nitrogens is 1. The molecular weight excluding hydrogens is 517 g/mol. The van der Waals surface area contributed by atoms with Crippen LogP contribution < -0.4 is 4.74 Å². The van der Waals surface area contributed by atoms with E-state index in [0.717, 1.165) is 54.0 Å². The second-order valence-electron chi connectivity index (χ2n) is 9.47. The van der Waals surface area contributed by atoms with E-state index in [1.54, 1.807) is 13.3 Å². The van der Waals surface area contributed by atoms with Crippen molar-refractivity contribution in [3.05, 3.63) is 70.4 Å². The van der Waals surface area contributed by atoms with Crippen molar-refractivity contribution in [3.8, 4) is 17.6 Å². The molecule has 4 rings (SSSR count). The van der Waals surface area contributed by atoms with Crippen LogP contribution in [0.25, 0.3) is 10.9 Å². The number of ether oxygens (including phenoxy) is 1. The van der Waals surface area contributed by atoms with E-state index < -0.39 is 23.6 Å². The monoisotopic (exact) mass is 544 g/mol. The van der Waals surface area contributed by atoms with Crippen molar-refractivity contribution in [1.82, 2.24) is 9.88 Å². The smallest absolute Gasteiger partial charge is 0.417 e. The summed E-state index contributed by atoms with van der Waals surface area (Å²) in [5.74, 6) is 5.10. The zero-order valence-electron chi connectivity index (χ0n) is 20.9. The number of hydrogen-bond donors (Lipinski definition) is 1. The Morgan fingerprint density at radius 3 is 2.79 bits per heavy atom. The number of nitrogens with zero attached hydrogens (tertiary/aromatic N) is 2. The highest BCUT2D eigenvalue weighted by Crippen LogP contribution is 2.35. The fourth-order valence-electron chi connectivity index (χ4n) is 4.99. The highest BCUT2D eigenvalue weighted by Gasteiger charge is 2.34. The SMILES string of the molecule is COc1ccc2nccc(CCC[C@@H]3CCN(CC#Cc4ccc(Cl)c(C(F)(F)F)c4)C[C@@H]3C(=O)O)c2c1.